The molecule has 1 saturated heterocycles. The summed E-state index contributed by atoms with van der Waals surface area (Å²) in [5, 5.41) is 3.09. The number of amides is 1. The summed E-state index contributed by atoms with van der Waals surface area (Å²) in [6.45, 7) is 12.2. The van der Waals surface area contributed by atoms with Gasteiger partial charge in [-0.1, -0.05) is 6.92 Å². The Balaban J connectivity index is 2.56. The average molecular weight is 271 g/mol. The Morgan fingerprint density at radius 2 is 2.16 bits per heavy atom. The minimum atomic E-state index is -0.155. The largest absolute Gasteiger partial charge is 0.374 e. The van der Waals surface area contributed by atoms with Crippen LogP contribution in [0.1, 0.15) is 41.0 Å². The van der Waals surface area contributed by atoms with E-state index < -0.39 is 0 Å². The summed E-state index contributed by atoms with van der Waals surface area (Å²) in [6, 6.07) is -0.152. The van der Waals surface area contributed by atoms with Gasteiger partial charge in [0.2, 0.25) is 5.91 Å². The number of carbonyl (C=O) groups excluding carboxylic acids is 1. The fourth-order valence-electron chi connectivity index (χ4n) is 2.06. The molecule has 5 nitrogen and oxygen atoms in total. The zero-order valence-electron chi connectivity index (χ0n) is 12.9. The molecule has 112 valence electrons. The second-order valence-electron chi connectivity index (χ2n) is 6.17. The van der Waals surface area contributed by atoms with Crippen LogP contribution in [-0.4, -0.2) is 54.2 Å². The van der Waals surface area contributed by atoms with Crippen LogP contribution in [0, 0.1) is 0 Å². The number of rotatable bonds is 5. The number of carbonyl (C=O) groups is 1. The summed E-state index contributed by atoms with van der Waals surface area (Å²) in [7, 11) is 0. The minimum absolute atomic E-state index is 0.00913. The van der Waals surface area contributed by atoms with Gasteiger partial charge in [-0.2, -0.15) is 0 Å². The van der Waals surface area contributed by atoms with Gasteiger partial charge < -0.3 is 15.8 Å². The third kappa shape index (κ3) is 4.75. The molecule has 0 spiro atoms. The first kappa shape index (κ1) is 16.4. The van der Waals surface area contributed by atoms with Crippen molar-refractivity contribution in [3.63, 3.8) is 0 Å². The number of nitrogens with one attached hydrogen (secondary N) is 1. The maximum absolute atomic E-state index is 12.3. The van der Waals surface area contributed by atoms with Crippen molar-refractivity contribution in [1.29, 1.82) is 0 Å². The first-order valence-corrected chi connectivity index (χ1v) is 7.20. The van der Waals surface area contributed by atoms with Crippen LogP contribution in [-0.2, 0) is 9.53 Å². The number of nitrogens with two attached hydrogens (primary N) is 1. The highest BCUT2D eigenvalue weighted by Crippen LogP contribution is 2.13. The van der Waals surface area contributed by atoms with E-state index in [-0.39, 0.29) is 29.6 Å². The first-order chi connectivity index (χ1) is 8.76. The lowest BCUT2D eigenvalue weighted by atomic mass is 10.0. The Hall–Kier alpha value is -0.650. The lowest BCUT2D eigenvalue weighted by Gasteiger charge is -2.38. The number of morpholine rings is 1. The molecule has 1 aliphatic heterocycles. The number of hydrogen-bond acceptors (Lipinski definition) is 4. The van der Waals surface area contributed by atoms with Crippen LogP contribution in [0.2, 0.25) is 0 Å². The molecule has 3 unspecified atom stereocenters. The summed E-state index contributed by atoms with van der Waals surface area (Å²) >= 11 is 0. The molecule has 0 aromatic rings. The van der Waals surface area contributed by atoms with Gasteiger partial charge in [-0.05, 0) is 34.1 Å². The van der Waals surface area contributed by atoms with E-state index in [1.165, 1.54) is 0 Å². The number of nitrogens with zero attached hydrogens (tertiary/aromatic N) is 1. The normalized spacial score (nSPS) is 24.8. The summed E-state index contributed by atoms with van der Waals surface area (Å²) < 4.78 is 5.62. The average Bonchev–Trinajstić information content (AvgIpc) is 2.37. The summed E-state index contributed by atoms with van der Waals surface area (Å²) in [6.07, 6.45) is 0.931. The van der Waals surface area contributed by atoms with Gasteiger partial charge in [-0.25, -0.2) is 0 Å². The maximum atomic E-state index is 12.3. The first-order valence-electron chi connectivity index (χ1n) is 7.20. The smallest absolute Gasteiger partial charge is 0.237 e. The lowest BCUT2D eigenvalue weighted by Crippen LogP contribution is -2.57. The Labute approximate surface area is 116 Å². The van der Waals surface area contributed by atoms with E-state index in [0.717, 1.165) is 19.5 Å². The Bertz CT molecular complexity index is 305. The van der Waals surface area contributed by atoms with E-state index in [0.29, 0.717) is 6.61 Å². The third-order valence-electron chi connectivity index (χ3n) is 3.98. The Morgan fingerprint density at radius 1 is 1.53 bits per heavy atom. The van der Waals surface area contributed by atoms with Gasteiger partial charge in [0.05, 0.1) is 18.8 Å². The minimum Gasteiger partial charge on any atom is -0.374 e. The number of hydrogen-bond donors (Lipinski definition) is 2. The lowest BCUT2D eigenvalue weighted by molar-refractivity contribution is -0.131. The van der Waals surface area contributed by atoms with E-state index in [9.17, 15) is 4.79 Å². The third-order valence-corrected chi connectivity index (χ3v) is 3.98. The van der Waals surface area contributed by atoms with Gasteiger partial charge in [-0.15, -0.1) is 0 Å². The SMILES string of the molecule is CCC(C)(C)NC(=O)C(C)N1CCOC(C(C)N)C1. The van der Waals surface area contributed by atoms with Crippen molar-refractivity contribution in [2.75, 3.05) is 19.7 Å². The standard InChI is InChI=1S/C14H29N3O2/c1-6-14(4,5)16-13(18)11(3)17-7-8-19-12(9-17)10(2)15/h10-12H,6-9,15H2,1-5H3,(H,16,18). The predicted molar refractivity (Wildman–Crippen MR) is 76.9 cm³/mol. The van der Waals surface area contributed by atoms with Gasteiger partial charge in [0.15, 0.2) is 0 Å². The van der Waals surface area contributed by atoms with E-state index in [2.05, 4.69) is 17.1 Å². The van der Waals surface area contributed by atoms with Crippen molar-refractivity contribution >= 4 is 5.91 Å². The molecule has 1 aliphatic rings. The van der Waals surface area contributed by atoms with Crippen molar-refractivity contribution in [2.24, 2.45) is 5.73 Å². The molecule has 0 saturated carbocycles. The van der Waals surface area contributed by atoms with Crippen LogP contribution in [0.15, 0.2) is 0 Å². The molecule has 19 heavy (non-hydrogen) atoms. The van der Waals surface area contributed by atoms with Gasteiger partial charge in [0.25, 0.3) is 0 Å². The van der Waals surface area contributed by atoms with Crippen LogP contribution < -0.4 is 11.1 Å². The second-order valence-corrected chi connectivity index (χ2v) is 6.17. The van der Waals surface area contributed by atoms with Crippen LogP contribution in [0.4, 0.5) is 0 Å². The van der Waals surface area contributed by atoms with Gasteiger partial charge in [-0.3, -0.25) is 9.69 Å². The molecule has 0 aromatic carbocycles. The van der Waals surface area contributed by atoms with Crippen molar-refractivity contribution in [1.82, 2.24) is 10.2 Å². The molecule has 3 atom stereocenters. The fraction of sp³-hybridized carbons (Fsp3) is 0.929. The van der Waals surface area contributed by atoms with E-state index >= 15 is 0 Å². The monoisotopic (exact) mass is 271 g/mol. The molecule has 0 aliphatic carbocycles. The van der Waals surface area contributed by atoms with Crippen LogP contribution in [0.25, 0.3) is 0 Å². The van der Waals surface area contributed by atoms with Crippen molar-refractivity contribution in [2.45, 2.75) is 64.8 Å². The van der Waals surface area contributed by atoms with Crippen molar-refractivity contribution in [3.05, 3.63) is 0 Å². The Kier molecular flexibility index (Phi) is 5.77. The summed E-state index contributed by atoms with van der Waals surface area (Å²) in [4.78, 5) is 14.4. The molecular weight excluding hydrogens is 242 g/mol. The van der Waals surface area contributed by atoms with Crippen LogP contribution in [0.3, 0.4) is 0 Å². The molecule has 0 aromatic heterocycles. The maximum Gasteiger partial charge on any atom is 0.237 e. The summed E-state index contributed by atoms with van der Waals surface area (Å²) in [5.41, 5.74) is 5.72. The molecule has 0 bridgehead atoms. The van der Waals surface area contributed by atoms with Crippen molar-refractivity contribution in [3.8, 4) is 0 Å². The predicted octanol–water partition coefficient (Wildman–Crippen LogP) is 0.728. The Morgan fingerprint density at radius 3 is 2.68 bits per heavy atom. The fourth-order valence-corrected chi connectivity index (χ4v) is 2.06. The van der Waals surface area contributed by atoms with Gasteiger partial charge in [0, 0.05) is 24.7 Å². The highest BCUT2D eigenvalue weighted by molar-refractivity contribution is 5.82. The molecule has 1 amide bonds. The zero-order chi connectivity index (χ0) is 14.6. The molecule has 5 heteroatoms. The van der Waals surface area contributed by atoms with E-state index in [1.807, 2.05) is 27.7 Å². The zero-order valence-corrected chi connectivity index (χ0v) is 12.9. The van der Waals surface area contributed by atoms with Crippen LogP contribution >= 0.6 is 0 Å². The topological polar surface area (TPSA) is 67.6 Å². The molecule has 1 rings (SSSR count). The molecule has 3 N–H and O–H groups in total. The number of ether oxygens (including phenoxy) is 1. The highest BCUT2D eigenvalue weighted by atomic mass is 16.5. The van der Waals surface area contributed by atoms with Gasteiger partial charge >= 0.3 is 0 Å². The van der Waals surface area contributed by atoms with E-state index in [1.54, 1.807) is 0 Å². The molecule has 1 heterocycles. The summed E-state index contributed by atoms with van der Waals surface area (Å²) in [5.74, 6) is 0.0807. The van der Waals surface area contributed by atoms with E-state index in [4.69, 9.17) is 10.5 Å². The van der Waals surface area contributed by atoms with Gasteiger partial charge in [0.1, 0.15) is 0 Å². The quantitative estimate of drug-likeness (QED) is 0.773. The van der Waals surface area contributed by atoms with Crippen LogP contribution in [0.5, 0.6) is 0 Å². The molecule has 0 radical (unpaired) electrons. The van der Waals surface area contributed by atoms with Crippen molar-refractivity contribution < 1.29 is 9.53 Å². The second kappa shape index (κ2) is 6.68. The highest BCUT2D eigenvalue weighted by Gasteiger charge is 2.31. The molecule has 1 fully saturated rings. The molecular formula is C14H29N3O2.